The molecular weight excluding hydrogens is 572 g/mol. The van der Waals surface area contributed by atoms with E-state index >= 15 is 0 Å². The fraction of sp³-hybridized carbons (Fsp3) is 0.421. The maximum absolute atomic E-state index is 13.7. The number of fused-ring (bicyclic) bond motifs is 1. The molecule has 240 valence electrons. The molecule has 2 aromatic heterocycles. The van der Waals surface area contributed by atoms with Gasteiger partial charge < -0.3 is 9.30 Å². The molecule has 2 unspecified atom stereocenters. The van der Waals surface area contributed by atoms with Crippen molar-refractivity contribution in [1.82, 2.24) is 29.4 Å². The minimum absolute atomic E-state index is 0.224. The van der Waals surface area contributed by atoms with Gasteiger partial charge in [-0.05, 0) is 85.1 Å². The maximum Gasteiger partial charge on any atom is 0.309 e. The predicted molar refractivity (Wildman–Crippen MR) is 181 cm³/mol. The number of imidazole rings is 1. The molecule has 2 atom stereocenters. The Hall–Kier alpha value is -4.30. The van der Waals surface area contributed by atoms with Gasteiger partial charge in [-0.25, -0.2) is 9.67 Å². The Labute approximate surface area is 272 Å². The third-order valence-corrected chi connectivity index (χ3v) is 10.0. The first kappa shape index (κ1) is 31.7. The van der Waals surface area contributed by atoms with Crippen LogP contribution in [0.3, 0.4) is 0 Å². The molecular formula is C38H46N6O2. The Morgan fingerprint density at radius 1 is 1.02 bits per heavy atom. The summed E-state index contributed by atoms with van der Waals surface area (Å²) >= 11 is 0. The van der Waals surface area contributed by atoms with E-state index in [4.69, 9.17) is 9.72 Å². The third kappa shape index (κ3) is 6.77. The van der Waals surface area contributed by atoms with E-state index in [9.17, 15) is 4.79 Å². The lowest BCUT2D eigenvalue weighted by atomic mass is 9.78. The Balaban J connectivity index is 1.30. The van der Waals surface area contributed by atoms with Gasteiger partial charge in [-0.1, -0.05) is 80.1 Å². The second-order valence-corrected chi connectivity index (χ2v) is 13.0. The summed E-state index contributed by atoms with van der Waals surface area (Å²) in [4.78, 5) is 21.0. The number of likely N-dealkylation sites (tertiary alicyclic amines) is 1. The van der Waals surface area contributed by atoms with Crippen molar-refractivity contribution < 1.29 is 9.53 Å². The Morgan fingerprint density at radius 3 is 2.57 bits per heavy atom. The number of carbonyl (C=O) groups is 1. The van der Waals surface area contributed by atoms with Crippen LogP contribution in [0.1, 0.15) is 78.2 Å². The average Bonchev–Trinajstić information content (AvgIpc) is 3.68. The fourth-order valence-corrected chi connectivity index (χ4v) is 6.95. The Kier molecular flexibility index (Phi) is 9.64. The zero-order valence-electron chi connectivity index (χ0n) is 27.8. The molecule has 0 radical (unpaired) electrons. The SMILES string of the molecule is CCC1CCN(Cc2nccn2Cc2cc(C(c3ccc4c(nnn4C)c3C)C(C)C(=O)OCc3ccccc3)ccc2C)CC1. The van der Waals surface area contributed by atoms with E-state index < -0.39 is 5.92 Å². The molecule has 46 heavy (non-hydrogen) atoms. The van der Waals surface area contributed by atoms with E-state index in [1.165, 1.54) is 30.4 Å². The summed E-state index contributed by atoms with van der Waals surface area (Å²) in [6.45, 7) is 12.6. The first-order chi connectivity index (χ1) is 22.3. The highest BCUT2D eigenvalue weighted by Gasteiger charge is 2.31. The number of aryl methyl sites for hydroxylation is 3. The van der Waals surface area contributed by atoms with Crippen LogP contribution in [0.4, 0.5) is 0 Å². The van der Waals surface area contributed by atoms with Gasteiger partial charge in [0.1, 0.15) is 17.9 Å². The molecule has 0 spiro atoms. The molecule has 1 aliphatic heterocycles. The van der Waals surface area contributed by atoms with Crippen LogP contribution in [0.5, 0.6) is 0 Å². The molecule has 3 heterocycles. The largest absolute Gasteiger partial charge is 0.461 e. The van der Waals surface area contributed by atoms with Gasteiger partial charge in [-0.15, -0.1) is 5.10 Å². The van der Waals surface area contributed by atoms with Crippen LogP contribution in [0, 0.1) is 25.7 Å². The van der Waals surface area contributed by atoms with E-state index in [0.717, 1.165) is 71.2 Å². The van der Waals surface area contributed by atoms with Gasteiger partial charge in [0.15, 0.2) is 0 Å². The first-order valence-electron chi connectivity index (χ1n) is 16.6. The fourth-order valence-electron chi connectivity index (χ4n) is 6.95. The van der Waals surface area contributed by atoms with Crippen molar-refractivity contribution in [3.05, 3.63) is 112 Å². The van der Waals surface area contributed by atoms with Crippen LogP contribution < -0.4 is 0 Å². The minimum Gasteiger partial charge on any atom is -0.461 e. The summed E-state index contributed by atoms with van der Waals surface area (Å²) in [7, 11) is 1.90. The van der Waals surface area contributed by atoms with Gasteiger partial charge in [-0.3, -0.25) is 9.69 Å². The van der Waals surface area contributed by atoms with Gasteiger partial charge in [0.25, 0.3) is 0 Å². The topological polar surface area (TPSA) is 78.1 Å². The highest BCUT2D eigenvalue weighted by atomic mass is 16.5. The molecule has 6 rings (SSSR count). The highest BCUT2D eigenvalue weighted by molar-refractivity contribution is 5.81. The molecule has 0 bridgehead atoms. The summed E-state index contributed by atoms with van der Waals surface area (Å²) in [6, 6.07) is 20.6. The number of hydrogen-bond acceptors (Lipinski definition) is 6. The van der Waals surface area contributed by atoms with Gasteiger partial charge in [0, 0.05) is 31.9 Å². The van der Waals surface area contributed by atoms with Gasteiger partial charge in [0.2, 0.25) is 0 Å². The van der Waals surface area contributed by atoms with Gasteiger partial charge in [0.05, 0.1) is 18.0 Å². The van der Waals surface area contributed by atoms with Crippen LogP contribution in [0.2, 0.25) is 0 Å². The summed E-state index contributed by atoms with van der Waals surface area (Å²) in [6.07, 6.45) is 7.82. The zero-order valence-corrected chi connectivity index (χ0v) is 27.8. The quantitative estimate of drug-likeness (QED) is 0.149. The number of ether oxygens (including phenoxy) is 1. The molecule has 0 amide bonds. The van der Waals surface area contributed by atoms with Crippen molar-refractivity contribution in [2.45, 2.75) is 72.6 Å². The molecule has 5 aromatic rings. The van der Waals surface area contributed by atoms with Crippen LogP contribution >= 0.6 is 0 Å². The molecule has 8 heteroatoms. The summed E-state index contributed by atoms with van der Waals surface area (Å²) in [5, 5.41) is 8.73. The lowest BCUT2D eigenvalue weighted by molar-refractivity contribution is -0.149. The lowest BCUT2D eigenvalue weighted by Gasteiger charge is -2.31. The van der Waals surface area contributed by atoms with Crippen LogP contribution in [0.25, 0.3) is 11.0 Å². The number of hydrogen-bond donors (Lipinski definition) is 0. The van der Waals surface area contributed by atoms with E-state index in [1.54, 1.807) is 4.68 Å². The molecule has 0 N–H and O–H groups in total. The smallest absolute Gasteiger partial charge is 0.309 e. The summed E-state index contributed by atoms with van der Waals surface area (Å²) in [5.74, 6) is 1.07. The Bertz CT molecular complexity index is 1780. The van der Waals surface area contributed by atoms with E-state index in [-0.39, 0.29) is 18.5 Å². The van der Waals surface area contributed by atoms with Gasteiger partial charge >= 0.3 is 5.97 Å². The molecule has 0 saturated carbocycles. The number of aromatic nitrogens is 5. The monoisotopic (exact) mass is 618 g/mol. The Morgan fingerprint density at radius 2 is 1.80 bits per heavy atom. The van der Waals surface area contributed by atoms with Crippen LogP contribution in [0.15, 0.2) is 73.1 Å². The van der Waals surface area contributed by atoms with Crippen molar-refractivity contribution >= 4 is 17.0 Å². The van der Waals surface area contributed by atoms with Crippen molar-refractivity contribution in [3.63, 3.8) is 0 Å². The van der Waals surface area contributed by atoms with Crippen molar-refractivity contribution in [1.29, 1.82) is 0 Å². The highest BCUT2D eigenvalue weighted by Crippen LogP contribution is 2.38. The number of nitrogens with zero attached hydrogens (tertiary/aromatic N) is 6. The second-order valence-electron chi connectivity index (χ2n) is 13.0. The summed E-state index contributed by atoms with van der Waals surface area (Å²) < 4.78 is 9.97. The number of rotatable bonds is 11. The van der Waals surface area contributed by atoms with Crippen molar-refractivity contribution in [3.8, 4) is 0 Å². The summed E-state index contributed by atoms with van der Waals surface area (Å²) in [5.41, 5.74) is 8.40. The average molecular weight is 619 g/mol. The number of esters is 1. The second kappa shape index (κ2) is 14.0. The third-order valence-electron chi connectivity index (χ3n) is 10.0. The lowest BCUT2D eigenvalue weighted by Crippen LogP contribution is -2.34. The molecule has 1 aliphatic rings. The minimum atomic E-state index is -0.429. The normalized spacial score (nSPS) is 15.7. The maximum atomic E-state index is 13.7. The predicted octanol–water partition coefficient (Wildman–Crippen LogP) is 6.96. The molecule has 1 fully saturated rings. The molecule has 8 nitrogen and oxygen atoms in total. The number of piperidine rings is 1. The molecule has 0 aliphatic carbocycles. The van der Waals surface area contributed by atoms with Crippen LogP contribution in [-0.2, 0) is 36.3 Å². The molecule has 3 aromatic carbocycles. The van der Waals surface area contributed by atoms with E-state index in [1.807, 2.05) is 50.5 Å². The number of carbonyl (C=O) groups excluding carboxylic acids is 1. The van der Waals surface area contributed by atoms with E-state index in [0.29, 0.717) is 0 Å². The van der Waals surface area contributed by atoms with Gasteiger partial charge in [-0.2, -0.15) is 0 Å². The molecule has 1 saturated heterocycles. The number of benzene rings is 3. The van der Waals surface area contributed by atoms with Crippen LogP contribution in [-0.4, -0.2) is 48.5 Å². The zero-order chi connectivity index (χ0) is 32.2. The van der Waals surface area contributed by atoms with Crippen molar-refractivity contribution in [2.75, 3.05) is 13.1 Å². The standard InChI is InChI=1S/C38H46N6O2/c1-6-29-16-19-43(20-17-29)24-35-39-18-21-44(35)23-32-22-31(13-12-26(32)2)36(28(4)38(45)46-25-30-10-8-7-9-11-30)33-14-15-34-37(27(33)3)40-41-42(34)5/h7-15,18,21-22,28-29,36H,6,16-17,19-20,23-25H2,1-5H3. The first-order valence-corrected chi connectivity index (χ1v) is 16.6. The van der Waals surface area contributed by atoms with E-state index in [2.05, 4.69) is 77.1 Å². The van der Waals surface area contributed by atoms with Crippen molar-refractivity contribution in [2.24, 2.45) is 18.9 Å².